The number of hydrogen-bond acceptors (Lipinski definition) is 7. The second-order valence-electron chi connectivity index (χ2n) is 13.1. The summed E-state index contributed by atoms with van der Waals surface area (Å²) < 4.78 is 5.41. The zero-order valence-corrected chi connectivity index (χ0v) is 27.0. The van der Waals surface area contributed by atoms with Crippen LogP contribution in [-0.2, 0) is 22.4 Å². The summed E-state index contributed by atoms with van der Waals surface area (Å²) >= 11 is 0. The van der Waals surface area contributed by atoms with Crippen LogP contribution in [0.3, 0.4) is 0 Å². The Hall–Kier alpha value is -3.67. The third-order valence-electron chi connectivity index (χ3n) is 7.08. The van der Waals surface area contributed by atoms with Crippen molar-refractivity contribution < 1.29 is 29.3 Å². The summed E-state index contributed by atoms with van der Waals surface area (Å²) in [5.74, 6) is -0.688. The van der Waals surface area contributed by atoms with Crippen molar-refractivity contribution in [3.05, 3.63) is 71.8 Å². The van der Waals surface area contributed by atoms with Gasteiger partial charge in [0.15, 0.2) is 0 Å². The van der Waals surface area contributed by atoms with Gasteiger partial charge >= 0.3 is 12.1 Å². The van der Waals surface area contributed by atoms with E-state index in [0.29, 0.717) is 6.42 Å². The van der Waals surface area contributed by atoms with Gasteiger partial charge in [-0.3, -0.25) is 4.79 Å². The highest BCUT2D eigenvalue weighted by Crippen LogP contribution is 2.28. The monoisotopic (exact) mass is 613 g/mol. The molecule has 0 bridgehead atoms. The van der Waals surface area contributed by atoms with Crippen LogP contribution in [0.2, 0.25) is 0 Å². The highest BCUT2D eigenvalue weighted by atomic mass is 16.6. The number of primary amides is 1. The Balaban J connectivity index is 2.28. The Kier molecular flexibility index (Phi) is 13.6. The molecule has 7 N–H and O–H groups in total. The molecule has 0 spiro atoms. The molecule has 2 aromatic carbocycles. The van der Waals surface area contributed by atoms with E-state index in [1.807, 2.05) is 81.4 Å². The van der Waals surface area contributed by atoms with Gasteiger partial charge in [-0.05, 0) is 50.2 Å². The van der Waals surface area contributed by atoms with E-state index in [9.17, 15) is 24.6 Å². The summed E-state index contributed by atoms with van der Waals surface area (Å²) in [5, 5.41) is 31.2. The molecule has 11 nitrogen and oxygen atoms in total. The van der Waals surface area contributed by atoms with Crippen LogP contribution in [-0.4, -0.2) is 89.2 Å². The number of aliphatic hydroxyl groups excluding tert-OH is 2. The van der Waals surface area contributed by atoms with Gasteiger partial charge in [-0.1, -0.05) is 81.4 Å². The van der Waals surface area contributed by atoms with E-state index < -0.39 is 59.4 Å². The number of nitrogens with zero attached hydrogens (tertiary/aromatic N) is 1. The normalized spacial score (nSPS) is 15.3. The minimum absolute atomic E-state index is 0.0148. The lowest BCUT2D eigenvalue weighted by atomic mass is 9.83. The molecule has 0 aromatic heterocycles. The Bertz CT molecular complexity index is 1180. The molecular formula is C33H51N5O6. The predicted octanol–water partition coefficient (Wildman–Crippen LogP) is 2.59. The fourth-order valence-corrected chi connectivity index (χ4v) is 5.11. The highest BCUT2D eigenvalue weighted by molar-refractivity contribution is 5.87. The van der Waals surface area contributed by atoms with E-state index >= 15 is 0 Å². The van der Waals surface area contributed by atoms with Gasteiger partial charge in [-0.25, -0.2) is 9.59 Å². The SMILES string of the molecule is CNC(=O)N([C@H](Cc1ccccc1)C(O)CNCC(O)[C@@H](Cc1ccccc1)NC(=O)OC(C)(C)C)[C@H](C(N)=O)C(C)(C)C. The summed E-state index contributed by atoms with van der Waals surface area (Å²) in [4.78, 5) is 39.9. The number of carbonyl (C=O) groups excluding carboxylic acids is 3. The number of aliphatic hydroxyl groups is 2. The van der Waals surface area contributed by atoms with Crippen LogP contribution in [0.15, 0.2) is 60.7 Å². The Morgan fingerprint density at radius 3 is 1.80 bits per heavy atom. The first kappa shape index (κ1) is 36.5. The molecule has 0 aliphatic heterocycles. The van der Waals surface area contributed by atoms with Gasteiger partial charge in [0.25, 0.3) is 0 Å². The number of hydrogen-bond donors (Lipinski definition) is 6. The Labute approximate surface area is 261 Å². The molecule has 44 heavy (non-hydrogen) atoms. The number of benzene rings is 2. The maximum atomic E-state index is 13.3. The standard InChI is InChI=1S/C33H51N5O6/c1-32(2,3)28(29(34)41)38(30(42)35-7)25(19-23-16-12-9-13-17-23)27(40)21-36-20-26(39)24(18-22-14-10-8-11-15-22)37-31(43)44-33(4,5)6/h8-17,24-28,36,39-40H,18-21H2,1-7H3,(H2,34,41)(H,35,42)(H,37,43)/t24-,25-,26?,27?,28-/m1/s1. The van der Waals surface area contributed by atoms with Gasteiger partial charge in [0.1, 0.15) is 11.6 Å². The molecule has 0 heterocycles. The van der Waals surface area contributed by atoms with E-state index in [2.05, 4.69) is 16.0 Å². The summed E-state index contributed by atoms with van der Waals surface area (Å²) in [6.45, 7) is 10.7. The Morgan fingerprint density at radius 1 is 0.841 bits per heavy atom. The van der Waals surface area contributed by atoms with E-state index in [1.54, 1.807) is 20.8 Å². The summed E-state index contributed by atoms with van der Waals surface area (Å²) in [7, 11) is 1.46. The number of alkyl carbamates (subject to hydrolysis) is 1. The molecule has 0 saturated heterocycles. The zero-order chi connectivity index (χ0) is 33.1. The smallest absolute Gasteiger partial charge is 0.407 e. The van der Waals surface area contributed by atoms with Gasteiger partial charge in [-0.2, -0.15) is 0 Å². The molecule has 11 heteroatoms. The van der Waals surface area contributed by atoms with Gasteiger partial charge in [0.2, 0.25) is 5.91 Å². The average Bonchev–Trinajstić information content (AvgIpc) is 2.93. The van der Waals surface area contributed by atoms with Crippen molar-refractivity contribution in [2.45, 2.75) is 90.3 Å². The lowest BCUT2D eigenvalue weighted by Crippen LogP contribution is -2.64. The molecule has 2 unspecified atom stereocenters. The third kappa shape index (κ3) is 11.8. The van der Waals surface area contributed by atoms with E-state index in [-0.39, 0.29) is 19.5 Å². The van der Waals surface area contributed by atoms with Crippen LogP contribution >= 0.6 is 0 Å². The molecule has 0 radical (unpaired) electrons. The maximum absolute atomic E-state index is 13.3. The fraction of sp³-hybridized carbons (Fsp3) is 0.545. The van der Waals surface area contributed by atoms with Gasteiger partial charge in [-0.15, -0.1) is 0 Å². The summed E-state index contributed by atoms with van der Waals surface area (Å²) in [5.41, 5.74) is 6.15. The quantitative estimate of drug-likeness (QED) is 0.191. The third-order valence-corrected chi connectivity index (χ3v) is 7.08. The number of nitrogens with one attached hydrogen (secondary N) is 3. The number of ether oxygens (including phenoxy) is 1. The van der Waals surface area contributed by atoms with Crippen molar-refractivity contribution in [1.82, 2.24) is 20.9 Å². The van der Waals surface area contributed by atoms with Crippen LogP contribution in [0, 0.1) is 5.41 Å². The minimum atomic E-state index is -1.16. The van der Waals surface area contributed by atoms with Crippen molar-refractivity contribution in [2.75, 3.05) is 20.1 Å². The van der Waals surface area contributed by atoms with E-state index in [1.165, 1.54) is 11.9 Å². The second kappa shape index (κ2) is 16.4. The second-order valence-corrected chi connectivity index (χ2v) is 13.1. The first-order valence-electron chi connectivity index (χ1n) is 15.0. The molecule has 0 saturated carbocycles. The predicted molar refractivity (Wildman–Crippen MR) is 171 cm³/mol. The molecule has 0 aliphatic carbocycles. The zero-order valence-electron chi connectivity index (χ0n) is 27.0. The first-order valence-corrected chi connectivity index (χ1v) is 15.0. The van der Waals surface area contributed by atoms with E-state index in [4.69, 9.17) is 10.5 Å². The minimum Gasteiger partial charge on any atom is -0.444 e. The van der Waals surface area contributed by atoms with E-state index in [0.717, 1.165) is 11.1 Å². The number of carbonyl (C=O) groups is 3. The largest absolute Gasteiger partial charge is 0.444 e. The summed E-state index contributed by atoms with van der Waals surface area (Å²) in [6.07, 6.45) is -2.27. The molecule has 0 fully saturated rings. The van der Waals surface area contributed by atoms with Crippen LogP contribution in [0.25, 0.3) is 0 Å². The number of urea groups is 1. The number of amides is 4. The topological polar surface area (TPSA) is 166 Å². The maximum Gasteiger partial charge on any atom is 0.407 e. The van der Waals surface area contributed by atoms with Crippen LogP contribution in [0.4, 0.5) is 9.59 Å². The molecule has 5 atom stereocenters. The molecular weight excluding hydrogens is 562 g/mol. The summed E-state index contributed by atoms with van der Waals surface area (Å²) in [6, 6.07) is 15.7. The molecule has 4 amide bonds. The van der Waals surface area contributed by atoms with Gasteiger partial charge < -0.3 is 41.5 Å². The molecule has 0 aliphatic rings. The van der Waals surface area contributed by atoms with Crippen molar-refractivity contribution in [1.29, 1.82) is 0 Å². The molecule has 244 valence electrons. The average molecular weight is 614 g/mol. The van der Waals surface area contributed by atoms with Crippen molar-refractivity contribution in [2.24, 2.45) is 11.1 Å². The van der Waals surface area contributed by atoms with Gasteiger partial charge in [0, 0.05) is 20.1 Å². The van der Waals surface area contributed by atoms with Crippen LogP contribution < -0.4 is 21.7 Å². The molecule has 2 rings (SSSR count). The molecule has 2 aromatic rings. The first-order chi connectivity index (χ1) is 20.5. The fourth-order valence-electron chi connectivity index (χ4n) is 5.11. The van der Waals surface area contributed by atoms with Crippen LogP contribution in [0.1, 0.15) is 52.7 Å². The van der Waals surface area contributed by atoms with Crippen molar-refractivity contribution >= 4 is 18.0 Å². The lowest BCUT2D eigenvalue weighted by Gasteiger charge is -2.44. The lowest BCUT2D eigenvalue weighted by molar-refractivity contribution is -0.127. The number of nitrogens with two attached hydrogens (primary N) is 1. The van der Waals surface area contributed by atoms with Crippen molar-refractivity contribution in [3.8, 4) is 0 Å². The van der Waals surface area contributed by atoms with Crippen molar-refractivity contribution in [3.63, 3.8) is 0 Å². The van der Waals surface area contributed by atoms with Gasteiger partial charge in [0.05, 0.1) is 24.3 Å². The Morgan fingerprint density at radius 2 is 1.34 bits per heavy atom. The van der Waals surface area contributed by atoms with Crippen LogP contribution in [0.5, 0.6) is 0 Å². The highest BCUT2D eigenvalue weighted by Gasteiger charge is 2.43. The number of rotatable bonds is 14.